The van der Waals surface area contributed by atoms with Crippen LogP contribution in [0.4, 0.5) is 5.13 Å². The van der Waals surface area contributed by atoms with Crippen LogP contribution in [0.5, 0.6) is 0 Å². The fraction of sp³-hybridized carbons (Fsp3) is 0.600. The van der Waals surface area contributed by atoms with E-state index in [9.17, 15) is 0 Å². The maximum absolute atomic E-state index is 8.44. The lowest BCUT2D eigenvalue weighted by atomic mass is 10.2. The predicted molar refractivity (Wildman–Crippen MR) is 63.7 cm³/mol. The number of thiazole rings is 1. The van der Waals surface area contributed by atoms with Crippen molar-refractivity contribution in [2.45, 2.75) is 26.1 Å². The molecule has 1 aliphatic heterocycles. The molecule has 0 aromatic carbocycles. The number of morpholine rings is 1. The Kier molecular flexibility index (Phi) is 3.40. The van der Waals surface area contributed by atoms with Gasteiger partial charge in [0.15, 0.2) is 5.13 Å². The molecule has 88 valence electrons. The third kappa shape index (κ3) is 2.51. The first-order valence-electron chi connectivity index (χ1n) is 5.22. The number of rotatable bonds is 2. The Bertz CT molecular complexity index is 370. The molecule has 1 aromatic heterocycles. The van der Waals surface area contributed by atoms with Crippen molar-refractivity contribution in [1.29, 1.82) is 0 Å². The first kappa shape index (κ1) is 11.3. The smallest absolute Gasteiger partial charge is 0.186 e. The van der Waals surface area contributed by atoms with Gasteiger partial charge in [-0.25, -0.2) is 4.98 Å². The normalized spacial score (nSPS) is 26.5. The van der Waals surface area contributed by atoms with E-state index in [2.05, 4.69) is 28.9 Å². The van der Waals surface area contributed by atoms with E-state index in [0.717, 1.165) is 23.1 Å². The fourth-order valence-corrected chi connectivity index (χ4v) is 2.67. The highest BCUT2D eigenvalue weighted by molar-refractivity contribution is 7.17. The van der Waals surface area contributed by atoms with Gasteiger partial charge in [0, 0.05) is 19.3 Å². The summed E-state index contributed by atoms with van der Waals surface area (Å²) in [5, 5.41) is 12.4. The monoisotopic (exact) mass is 241 g/mol. The highest BCUT2D eigenvalue weighted by atomic mass is 32.1. The van der Waals surface area contributed by atoms with Crippen molar-refractivity contribution in [3.8, 4) is 0 Å². The van der Waals surface area contributed by atoms with Crippen molar-refractivity contribution in [1.82, 2.24) is 4.98 Å². The Morgan fingerprint density at radius 1 is 1.56 bits per heavy atom. The van der Waals surface area contributed by atoms with Crippen LogP contribution in [0.25, 0.3) is 0 Å². The summed E-state index contributed by atoms with van der Waals surface area (Å²) in [6.07, 6.45) is 3.56. The highest BCUT2D eigenvalue weighted by Crippen LogP contribution is 2.24. The largest absolute Gasteiger partial charge is 0.411 e. The average molecular weight is 241 g/mol. The molecule has 6 heteroatoms. The molecule has 16 heavy (non-hydrogen) atoms. The second-order valence-corrected chi connectivity index (χ2v) is 4.99. The van der Waals surface area contributed by atoms with Crippen molar-refractivity contribution in [3.63, 3.8) is 0 Å². The van der Waals surface area contributed by atoms with Crippen molar-refractivity contribution in [3.05, 3.63) is 11.1 Å². The Morgan fingerprint density at radius 2 is 2.25 bits per heavy atom. The standard InChI is InChI=1S/C10H15N3O2S/c1-7-5-13(6-8(2)15-7)10-11-3-9(16-10)4-12-14/h3-4,7-8,14H,5-6H2,1-2H3/b12-4+. The van der Waals surface area contributed by atoms with E-state index in [1.54, 1.807) is 6.20 Å². The van der Waals surface area contributed by atoms with Gasteiger partial charge in [-0.3, -0.25) is 0 Å². The number of oxime groups is 1. The van der Waals surface area contributed by atoms with Crippen LogP contribution in [-0.4, -0.2) is 41.7 Å². The van der Waals surface area contributed by atoms with Crippen molar-refractivity contribution in [2.75, 3.05) is 18.0 Å². The summed E-state index contributed by atoms with van der Waals surface area (Å²) in [5.74, 6) is 0. The van der Waals surface area contributed by atoms with Crippen molar-refractivity contribution >= 4 is 22.7 Å². The molecule has 1 N–H and O–H groups in total. The maximum Gasteiger partial charge on any atom is 0.186 e. The van der Waals surface area contributed by atoms with Gasteiger partial charge >= 0.3 is 0 Å². The summed E-state index contributed by atoms with van der Waals surface area (Å²) >= 11 is 1.52. The van der Waals surface area contributed by atoms with E-state index in [1.165, 1.54) is 17.6 Å². The molecule has 1 aromatic rings. The van der Waals surface area contributed by atoms with Crippen LogP contribution in [0.15, 0.2) is 11.4 Å². The summed E-state index contributed by atoms with van der Waals surface area (Å²) in [6, 6.07) is 0. The van der Waals surface area contributed by atoms with Crippen LogP contribution < -0.4 is 4.90 Å². The molecule has 2 unspecified atom stereocenters. The molecule has 1 fully saturated rings. The summed E-state index contributed by atoms with van der Waals surface area (Å²) in [5.41, 5.74) is 0. The van der Waals surface area contributed by atoms with Crippen LogP contribution in [0.3, 0.4) is 0 Å². The van der Waals surface area contributed by atoms with Crippen LogP contribution in [0, 0.1) is 0 Å². The van der Waals surface area contributed by atoms with Crippen LogP contribution in [-0.2, 0) is 4.74 Å². The van der Waals surface area contributed by atoms with Gasteiger partial charge in [0.25, 0.3) is 0 Å². The number of hydrogen-bond donors (Lipinski definition) is 1. The summed E-state index contributed by atoms with van der Waals surface area (Å²) < 4.78 is 5.66. The van der Waals surface area contributed by atoms with E-state index >= 15 is 0 Å². The molecule has 1 saturated heterocycles. The zero-order valence-corrected chi connectivity index (χ0v) is 10.1. The molecular weight excluding hydrogens is 226 g/mol. The van der Waals surface area contributed by atoms with Crippen LogP contribution in [0.1, 0.15) is 18.7 Å². The second kappa shape index (κ2) is 4.80. The van der Waals surface area contributed by atoms with E-state index < -0.39 is 0 Å². The van der Waals surface area contributed by atoms with Crippen molar-refractivity contribution in [2.24, 2.45) is 5.16 Å². The number of hydrogen-bond acceptors (Lipinski definition) is 6. The Balaban J connectivity index is 2.10. The van der Waals surface area contributed by atoms with Gasteiger partial charge in [-0.1, -0.05) is 16.5 Å². The first-order chi connectivity index (χ1) is 7.69. The fourth-order valence-electron chi connectivity index (χ4n) is 1.87. The number of aromatic nitrogens is 1. The molecule has 0 spiro atoms. The quantitative estimate of drug-likeness (QED) is 0.485. The van der Waals surface area contributed by atoms with Crippen molar-refractivity contribution < 1.29 is 9.94 Å². The zero-order chi connectivity index (χ0) is 11.5. The van der Waals surface area contributed by atoms with E-state index in [-0.39, 0.29) is 12.2 Å². The highest BCUT2D eigenvalue weighted by Gasteiger charge is 2.23. The minimum Gasteiger partial charge on any atom is -0.411 e. The molecule has 0 aliphatic carbocycles. The lowest BCUT2D eigenvalue weighted by Crippen LogP contribution is -2.45. The molecule has 2 atom stereocenters. The van der Waals surface area contributed by atoms with Gasteiger partial charge in [0.2, 0.25) is 0 Å². The summed E-state index contributed by atoms with van der Waals surface area (Å²) in [4.78, 5) is 7.37. The lowest BCUT2D eigenvalue weighted by Gasteiger charge is -2.35. The molecule has 2 heterocycles. The van der Waals surface area contributed by atoms with Gasteiger partial charge in [0.1, 0.15) is 0 Å². The molecular formula is C10H15N3O2S. The second-order valence-electron chi connectivity index (χ2n) is 3.95. The van der Waals surface area contributed by atoms with E-state index in [0.29, 0.717) is 0 Å². The van der Waals surface area contributed by atoms with Crippen LogP contribution >= 0.6 is 11.3 Å². The van der Waals surface area contributed by atoms with Gasteiger partial charge in [-0.2, -0.15) is 0 Å². The number of nitrogens with zero attached hydrogens (tertiary/aromatic N) is 3. The summed E-state index contributed by atoms with van der Waals surface area (Å²) in [7, 11) is 0. The zero-order valence-electron chi connectivity index (χ0n) is 9.33. The van der Waals surface area contributed by atoms with Crippen LogP contribution in [0.2, 0.25) is 0 Å². The van der Waals surface area contributed by atoms with Gasteiger partial charge in [-0.15, -0.1) is 0 Å². The topological polar surface area (TPSA) is 58.0 Å². The average Bonchev–Trinajstić information content (AvgIpc) is 2.65. The molecule has 0 bridgehead atoms. The molecule has 1 aliphatic rings. The molecule has 5 nitrogen and oxygen atoms in total. The third-order valence-corrected chi connectivity index (χ3v) is 3.38. The Hall–Kier alpha value is -1.14. The third-order valence-electron chi connectivity index (χ3n) is 2.39. The molecule has 0 radical (unpaired) electrons. The summed E-state index contributed by atoms with van der Waals surface area (Å²) in [6.45, 7) is 5.83. The Morgan fingerprint density at radius 3 is 2.88 bits per heavy atom. The van der Waals surface area contributed by atoms with Gasteiger partial charge in [0.05, 0.1) is 23.3 Å². The minimum absolute atomic E-state index is 0.225. The SMILES string of the molecule is CC1CN(c2ncc(/C=N/O)s2)CC(C)O1. The molecule has 0 saturated carbocycles. The number of anilines is 1. The van der Waals surface area contributed by atoms with E-state index in [1.807, 2.05) is 0 Å². The molecule has 2 rings (SSSR count). The van der Waals surface area contributed by atoms with Gasteiger partial charge in [-0.05, 0) is 13.8 Å². The molecule has 0 amide bonds. The minimum atomic E-state index is 0.225. The Labute approximate surface area is 98.4 Å². The number of ether oxygens (including phenoxy) is 1. The van der Waals surface area contributed by atoms with E-state index in [4.69, 9.17) is 9.94 Å². The predicted octanol–water partition coefficient (Wildman–Crippen LogP) is 1.56. The lowest BCUT2D eigenvalue weighted by molar-refractivity contribution is -0.00522. The van der Waals surface area contributed by atoms with Gasteiger partial charge < -0.3 is 14.8 Å². The maximum atomic E-state index is 8.44. The first-order valence-corrected chi connectivity index (χ1v) is 6.04.